The number of nitrogens with one attached hydrogen (secondary N) is 2. The molecule has 1 atom stereocenters. The van der Waals surface area contributed by atoms with Gasteiger partial charge in [-0.05, 0) is 18.8 Å². The van der Waals surface area contributed by atoms with Crippen molar-refractivity contribution in [3.8, 4) is 0 Å². The SMILES string of the molecule is CC(CO)CNc1cc(NN)nc(C2CC2)n1. The van der Waals surface area contributed by atoms with E-state index in [9.17, 15) is 0 Å². The molecule has 0 aliphatic heterocycles. The van der Waals surface area contributed by atoms with Crippen molar-refractivity contribution in [1.82, 2.24) is 9.97 Å². The Morgan fingerprint density at radius 2 is 2.18 bits per heavy atom. The lowest BCUT2D eigenvalue weighted by molar-refractivity contribution is 0.244. The van der Waals surface area contributed by atoms with Gasteiger partial charge in [-0.3, -0.25) is 0 Å². The van der Waals surface area contributed by atoms with Crippen LogP contribution in [0.5, 0.6) is 0 Å². The van der Waals surface area contributed by atoms with Gasteiger partial charge in [-0.25, -0.2) is 15.8 Å². The zero-order valence-electron chi connectivity index (χ0n) is 9.98. The molecule has 5 N–H and O–H groups in total. The molecule has 1 unspecified atom stereocenters. The molecule has 6 heteroatoms. The molecule has 1 heterocycles. The van der Waals surface area contributed by atoms with Gasteiger partial charge in [0.05, 0.1) is 0 Å². The first-order chi connectivity index (χ1) is 8.22. The average Bonchev–Trinajstić information content (AvgIpc) is 3.19. The molecular weight excluding hydrogens is 218 g/mol. The first-order valence-corrected chi connectivity index (χ1v) is 5.93. The van der Waals surface area contributed by atoms with Gasteiger partial charge in [0.1, 0.15) is 17.5 Å². The Bertz CT molecular complexity index is 380. The summed E-state index contributed by atoms with van der Waals surface area (Å²) in [5, 5.41) is 12.1. The Labute approximate surface area is 101 Å². The molecular formula is C11H19N5O. The summed E-state index contributed by atoms with van der Waals surface area (Å²) in [5.41, 5.74) is 2.55. The highest BCUT2D eigenvalue weighted by Gasteiger charge is 2.27. The van der Waals surface area contributed by atoms with Crippen LogP contribution in [0.3, 0.4) is 0 Å². The van der Waals surface area contributed by atoms with Crippen LogP contribution in [0.2, 0.25) is 0 Å². The van der Waals surface area contributed by atoms with Crippen molar-refractivity contribution in [3.63, 3.8) is 0 Å². The molecule has 1 aliphatic carbocycles. The van der Waals surface area contributed by atoms with Gasteiger partial charge in [-0.2, -0.15) is 0 Å². The third-order valence-electron chi connectivity index (χ3n) is 2.78. The van der Waals surface area contributed by atoms with Gasteiger partial charge < -0.3 is 15.8 Å². The number of nitrogens with two attached hydrogens (primary N) is 1. The van der Waals surface area contributed by atoms with Crippen molar-refractivity contribution in [2.75, 3.05) is 23.9 Å². The minimum absolute atomic E-state index is 0.162. The number of hydrogen-bond donors (Lipinski definition) is 4. The largest absolute Gasteiger partial charge is 0.396 e. The number of aliphatic hydroxyl groups is 1. The highest BCUT2D eigenvalue weighted by atomic mass is 16.3. The Kier molecular flexibility index (Phi) is 3.75. The summed E-state index contributed by atoms with van der Waals surface area (Å²) in [4.78, 5) is 8.77. The molecule has 0 amide bonds. The minimum atomic E-state index is 0.162. The lowest BCUT2D eigenvalue weighted by atomic mass is 10.2. The molecule has 0 radical (unpaired) electrons. The average molecular weight is 237 g/mol. The van der Waals surface area contributed by atoms with Crippen molar-refractivity contribution in [1.29, 1.82) is 0 Å². The van der Waals surface area contributed by atoms with Crippen LogP contribution in [-0.4, -0.2) is 28.2 Å². The summed E-state index contributed by atoms with van der Waals surface area (Å²) in [6.45, 7) is 2.81. The number of nitrogen functional groups attached to an aromatic ring is 1. The molecule has 0 saturated heterocycles. The second-order valence-corrected chi connectivity index (χ2v) is 4.58. The minimum Gasteiger partial charge on any atom is -0.396 e. The third kappa shape index (κ3) is 3.28. The predicted molar refractivity (Wildman–Crippen MR) is 66.6 cm³/mol. The molecule has 94 valence electrons. The molecule has 1 aliphatic rings. The van der Waals surface area contributed by atoms with Gasteiger partial charge in [0.2, 0.25) is 0 Å². The quantitative estimate of drug-likeness (QED) is 0.429. The number of rotatable bonds is 6. The lowest BCUT2D eigenvalue weighted by Gasteiger charge is -2.12. The smallest absolute Gasteiger partial charge is 0.145 e. The van der Waals surface area contributed by atoms with Gasteiger partial charge >= 0.3 is 0 Å². The number of hydrazine groups is 1. The number of anilines is 2. The maximum Gasteiger partial charge on any atom is 0.145 e. The fraction of sp³-hybridized carbons (Fsp3) is 0.636. The van der Waals surface area contributed by atoms with E-state index in [2.05, 4.69) is 20.7 Å². The first kappa shape index (κ1) is 12.1. The van der Waals surface area contributed by atoms with Crippen LogP contribution in [0.25, 0.3) is 0 Å². The van der Waals surface area contributed by atoms with Gasteiger partial charge in [-0.1, -0.05) is 6.92 Å². The summed E-state index contributed by atoms with van der Waals surface area (Å²) in [6, 6.07) is 1.77. The third-order valence-corrected chi connectivity index (χ3v) is 2.78. The van der Waals surface area contributed by atoms with Gasteiger partial charge in [-0.15, -0.1) is 0 Å². The lowest BCUT2D eigenvalue weighted by Crippen LogP contribution is -2.17. The van der Waals surface area contributed by atoms with E-state index in [1.807, 2.05) is 6.92 Å². The fourth-order valence-electron chi connectivity index (χ4n) is 1.50. The van der Waals surface area contributed by atoms with Crippen molar-refractivity contribution in [2.45, 2.75) is 25.7 Å². The summed E-state index contributed by atoms with van der Waals surface area (Å²) >= 11 is 0. The Hall–Kier alpha value is -1.40. The van der Waals surface area contributed by atoms with Crippen LogP contribution in [-0.2, 0) is 0 Å². The molecule has 1 saturated carbocycles. The van der Waals surface area contributed by atoms with Crippen molar-refractivity contribution in [3.05, 3.63) is 11.9 Å². The molecule has 0 aromatic carbocycles. The van der Waals surface area contributed by atoms with Crippen molar-refractivity contribution < 1.29 is 5.11 Å². The summed E-state index contributed by atoms with van der Waals surface area (Å²) in [6.07, 6.45) is 2.31. The van der Waals surface area contributed by atoms with E-state index < -0.39 is 0 Å². The van der Waals surface area contributed by atoms with Crippen molar-refractivity contribution in [2.24, 2.45) is 11.8 Å². The monoisotopic (exact) mass is 237 g/mol. The molecule has 2 rings (SSSR count). The van der Waals surface area contributed by atoms with Crippen molar-refractivity contribution >= 4 is 11.6 Å². The van der Waals surface area contributed by atoms with E-state index in [-0.39, 0.29) is 12.5 Å². The van der Waals surface area contributed by atoms with Crippen LogP contribution in [0.1, 0.15) is 31.5 Å². The van der Waals surface area contributed by atoms with Crippen LogP contribution in [0.4, 0.5) is 11.6 Å². The van der Waals surface area contributed by atoms with Crippen LogP contribution in [0, 0.1) is 5.92 Å². The second-order valence-electron chi connectivity index (χ2n) is 4.58. The maximum absolute atomic E-state index is 8.96. The predicted octanol–water partition coefficient (Wildman–Crippen LogP) is 0.680. The molecule has 1 aromatic heterocycles. The topological polar surface area (TPSA) is 96.1 Å². The molecule has 0 bridgehead atoms. The Morgan fingerprint density at radius 3 is 2.76 bits per heavy atom. The number of hydrogen-bond acceptors (Lipinski definition) is 6. The summed E-state index contributed by atoms with van der Waals surface area (Å²) < 4.78 is 0. The van der Waals surface area contributed by atoms with Gasteiger partial charge in [0, 0.05) is 25.1 Å². The van der Waals surface area contributed by atoms with E-state index in [1.165, 1.54) is 0 Å². The van der Waals surface area contributed by atoms with Crippen LogP contribution < -0.4 is 16.6 Å². The molecule has 6 nitrogen and oxygen atoms in total. The van der Waals surface area contributed by atoms with Gasteiger partial charge in [0.15, 0.2) is 0 Å². The highest BCUT2D eigenvalue weighted by Crippen LogP contribution is 2.38. The number of aliphatic hydroxyl groups excluding tert-OH is 1. The number of nitrogens with zero attached hydrogens (tertiary/aromatic N) is 2. The maximum atomic E-state index is 8.96. The van der Waals surface area contributed by atoms with E-state index >= 15 is 0 Å². The van der Waals surface area contributed by atoms with Crippen LogP contribution >= 0.6 is 0 Å². The molecule has 17 heavy (non-hydrogen) atoms. The first-order valence-electron chi connectivity index (χ1n) is 5.93. The van der Waals surface area contributed by atoms with E-state index in [0.29, 0.717) is 18.3 Å². The van der Waals surface area contributed by atoms with Gasteiger partial charge in [0.25, 0.3) is 0 Å². The van der Waals surface area contributed by atoms with E-state index in [0.717, 1.165) is 24.5 Å². The normalized spacial score (nSPS) is 16.6. The zero-order chi connectivity index (χ0) is 12.3. The number of aromatic nitrogens is 2. The van der Waals surface area contributed by atoms with E-state index in [4.69, 9.17) is 10.9 Å². The summed E-state index contributed by atoms with van der Waals surface area (Å²) in [5.74, 6) is 8.30. The molecule has 0 spiro atoms. The zero-order valence-corrected chi connectivity index (χ0v) is 9.98. The summed E-state index contributed by atoms with van der Waals surface area (Å²) in [7, 11) is 0. The Morgan fingerprint density at radius 1 is 1.47 bits per heavy atom. The second kappa shape index (κ2) is 5.29. The highest BCUT2D eigenvalue weighted by molar-refractivity contribution is 5.47. The standard InChI is InChI=1S/C11H19N5O/c1-7(6-17)5-13-9-4-10(16-12)15-11(14-9)8-2-3-8/h4,7-8,17H,2-3,5-6,12H2,1H3,(H2,13,14,15,16). The Balaban J connectivity index is 2.06. The molecule has 1 aromatic rings. The fourth-order valence-corrected chi connectivity index (χ4v) is 1.50. The molecule has 1 fully saturated rings. The van der Waals surface area contributed by atoms with E-state index in [1.54, 1.807) is 6.07 Å². The van der Waals surface area contributed by atoms with Crippen LogP contribution in [0.15, 0.2) is 6.07 Å².